The molecule has 0 heterocycles. The molecule has 0 saturated heterocycles. The van der Waals surface area contributed by atoms with Gasteiger partial charge in [0.2, 0.25) is 5.91 Å². The van der Waals surface area contributed by atoms with E-state index in [1.165, 1.54) is 0 Å². The minimum atomic E-state index is -0.0885. The molecule has 0 fully saturated rings. The molecule has 0 radical (unpaired) electrons. The van der Waals surface area contributed by atoms with Crippen molar-refractivity contribution in [3.05, 3.63) is 60.2 Å². The molecule has 126 valence electrons. The SMILES string of the molecule is CC(C)Oc1ccc(/C=N\NC(=O)CCSc2ccccc2)cc1. The summed E-state index contributed by atoms with van der Waals surface area (Å²) in [6.45, 7) is 3.97. The van der Waals surface area contributed by atoms with Crippen molar-refractivity contribution in [2.24, 2.45) is 5.10 Å². The van der Waals surface area contributed by atoms with Crippen LogP contribution in [0.4, 0.5) is 0 Å². The Balaban J connectivity index is 1.70. The van der Waals surface area contributed by atoms with E-state index in [1.54, 1.807) is 18.0 Å². The van der Waals surface area contributed by atoms with Gasteiger partial charge in [-0.2, -0.15) is 5.10 Å². The van der Waals surface area contributed by atoms with Crippen LogP contribution in [0.25, 0.3) is 0 Å². The molecule has 0 aromatic heterocycles. The van der Waals surface area contributed by atoms with E-state index in [4.69, 9.17) is 4.74 Å². The van der Waals surface area contributed by atoms with Crippen molar-refractivity contribution in [2.75, 3.05) is 5.75 Å². The normalized spacial score (nSPS) is 11.0. The molecule has 5 heteroatoms. The number of hydrogen-bond donors (Lipinski definition) is 1. The smallest absolute Gasteiger partial charge is 0.240 e. The van der Waals surface area contributed by atoms with Gasteiger partial charge >= 0.3 is 0 Å². The van der Waals surface area contributed by atoms with Gasteiger partial charge in [0.25, 0.3) is 0 Å². The molecule has 24 heavy (non-hydrogen) atoms. The van der Waals surface area contributed by atoms with Crippen molar-refractivity contribution in [1.82, 2.24) is 5.43 Å². The van der Waals surface area contributed by atoms with Gasteiger partial charge in [-0.15, -0.1) is 11.8 Å². The van der Waals surface area contributed by atoms with Crippen LogP contribution in [-0.2, 0) is 4.79 Å². The van der Waals surface area contributed by atoms with E-state index in [-0.39, 0.29) is 12.0 Å². The maximum absolute atomic E-state index is 11.7. The number of rotatable bonds is 8. The second-order valence-corrected chi connectivity index (χ2v) is 6.61. The molecule has 0 aliphatic heterocycles. The van der Waals surface area contributed by atoms with Crippen LogP contribution in [-0.4, -0.2) is 24.0 Å². The highest BCUT2D eigenvalue weighted by Gasteiger charge is 2.01. The van der Waals surface area contributed by atoms with Crippen molar-refractivity contribution in [1.29, 1.82) is 0 Å². The van der Waals surface area contributed by atoms with E-state index in [1.807, 2.05) is 68.4 Å². The molecular formula is C19H22N2O2S. The summed E-state index contributed by atoms with van der Waals surface area (Å²) in [5, 5.41) is 3.98. The molecule has 0 unspecified atom stereocenters. The third-order valence-corrected chi connectivity index (χ3v) is 4.01. The summed E-state index contributed by atoms with van der Waals surface area (Å²) in [5.74, 6) is 1.46. The van der Waals surface area contributed by atoms with Crippen LogP contribution in [0.5, 0.6) is 5.75 Å². The second kappa shape index (κ2) is 9.78. The minimum Gasteiger partial charge on any atom is -0.491 e. The van der Waals surface area contributed by atoms with Crippen LogP contribution in [0.15, 0.2) is 64.6 Å². The number of thioether (sulfide) groups is 1. The topological polar surface area (TPSA) is 50.7 Å². The summed E-state index contributed by atoms with van der Waals surface area (Å²) < 4.78 is 5.58. The summed E-state index contributed by atoms with van der Waals surface area (Å²) in [5.41, 5.74) is 3.46. The number of nitrogens with zero attached hydrogens (tertiary/aromatic N) is 1. The Morgan fingerprint density at radius 3 is 2.54 bits per heavy atom. The maximum Gasteiger partial charge on any atom is 0.240 e. The molecule has 4 nitrogen and oxygen atoms in total. The van der Waals surface area contributed by atoms with Crippen LogP contribution in [0.3, 0.4) is 0 Å². The van der Waals surface area contributed by atoms with Crippen LogP contribution >= 0.6 is 11.8 Å². The molecule has 2 rings (SSSR count). The van der Waals surface area contributed by atoms with Gasteiger partial charge in [-0.1, -0.05) is 18.2 Å². The van der Waals surface area contributed by atoms with Crippen LogP contribution in [0.2, 0.25) is 0 Å². The van der Waals surface area contributed by atoms with Crippen LogP contribution in [0, 0.1) is 0 Å². The molecule has 0 saturated carbocycles. The predicted molar refractivity (Wildman–Crippen MR) is 99.7 cm³/mol. The van der Waals surface area contributed by atoms with Gasteiger partial charge in [0, 0.05) is 17.1 Å². The molecule has 0 aliphatic rings. The zero-order chi connectivity index (χ0) is 17.2. The number of benzene rings is 2. The molecule has 1 amide bonds. The van der Waals surface area contributed by atoms with Crippen molar-refractivity contribution in [3.8, 4) is 5.75 Å². The monoisotopic (exact) mass is 342 g/mol. The minimum absolute atomic E-state index is 0.0885. The number of hydrazone groups is 1. The Labute approximate surface area is 147 Å². The number of amides is 1. The molecular weight excluding hydrogens is 320 g/mol. The Bertz CT molecular complexity index is 655. The van der Waals surface area contributed by atoms with E-state index in [0.717, 1.165) is 22.0 Å². The Morgan fingerprint density at radius 1 is 1.17 bits per heavy atom. The Hall–Kier alpha value is -2.27. The van der Waals surface area contributed by atoms with E-state index in [9.17, 15) is 4.79 Å². The molecule has 0 aliphatic carbocycles. The summed E-state index contributed by atoms with van der Waals surface area (Å²) in [6, 6.07) is 17.6. The first kappa shape index (κ1) is 18.1. The fraction of sp³-hybridized carbons (Fsp3) is 0.263. The quantitative estimate of drug-likeness (QED) is 0.446. The molecule has 2 aromatic rings. The Morgan fingerprint density at radius 2 is 1.88 bits per heavy atom. The largest absolute Gasteiger partial charge is 0.491 e. The molecule has 0 spiro atoms. The third kappa shape index (κ3) is 6.87. The van der Waals surface area contributed by atoms with E-state index in [2.05, 4.69) is 10.5 Å². The first-order valence-electron chi connectivity index (χ1n) is 7.90. The van der Waals surface area contributed by atoms with Gasteiger partial charge in [0.15, 0.2) is 0 Å². The zero-order valence-corrected chi connectivity index (χ0v) is 14.8. The maximum atomic E-state index is 11.7. The van der Waals surface area contributed by atoms with Gasteiger partial charge < -0.3 is 4.74 Å². The standard InChI is InChI=1S/C19H22N2O2S/c1-15(2)23-17-10-8-16(9-11-17)14-20-21-19(22)12-13-24-18-6-4-3-5-7-18/h3-11,14-15H,12-13H2,1-2H3,(H,21,22)/b20-14-. The van der Waals surface area contributed by atoms with Crippen molar-refractivity contribution < 1.29 is 9.53 Å². The van der Waals surface area contributed by atoms with E-state index < -0.39 is 0 Å². The Kier molecular flexibility index (Phi) is 7.36. The van der Waals surface area contributed by atoms with Gasteiger partial charge in [-0.25, -0.2) is 5.43 Å². The first-order valence-corrected chi connectivity index (χ1v) is 8.88. The van der Waals surface area contributed by atoms with Crippen molar-refractivity contribution in [2.45, 2.75) is 31.3 Å². The summed E-state index contributed by atoms with van der Waals surface area (Å²) in [4.78, 5) is 12.9. The van der Waals surface area contributed by atoms with Crippen molar-refractivity contribution >= 4 is 23.9 Å². The molecule has 0 bridgehead atoms. The van der Waals surface area contributed by atoms with Gasteiger partial charge in [-0.3, -0.25) is 4.79 Å². The number of nitrogens with one attached hydrogen (secondary N) is 1. The number of hydrogen-bond acceptors (Lipinski definition) is 4. The van der Waals surface area contributed by atoms with Gasteiger partial charge in [-0.05, 0) is 55.8 Å². The highest BCUT2D eigenvalue weighted by molar-refractivity contribution is 7.99. The van der Waals surface area contributed by atoms with E-state index >= 15 is 0 Å². The second-order valence-electron chi connectivity index (χ2n) is 5.44. The average Bonchev–Trinajstić information content (AvgIpc) is 2.57. The highest BCUT2D eigenvalue weighted by Crippen LogP contribution is 2.17. The lowest BCUT2D eigenvalue weighted by molar-refractivity contribution is -0.120. The molecule has 1 N–H and O–H groups in total. The van der Waals surface area contributed by atoms with Gasteiger partial charge in [0.1, 0.15) is 5.75 Å². The van der Waals surface area contributed by atoms with Crippen molar-refractivity contribution in [3.63, 3.8) is 0 Å². The fourth-order valence-corrected chi connectivity index (χ4v) is 2.79. The fourth-order valence-electron chi connectivity index (χ4n) is 1.92. The third-order valence-electron chi connectivity index (χ3n) is 3.00. The summed E-state index contributed by atoms with van der Waals surface area (Å²) in [7, 11) is 0. The molecule has 0 atom stereocenters. The summed E-state index contributed by atoms with van der Waals surface area (Å²) >= 11 is 1.66. The van der Waals surface area contributed by atoms with Gasteiger partial charge in [0.05, 0.1) is 12.3 Å². The summed E-state index contributed by atoms with van der Waals surface area (Å²) in [6.07, 6.45) is 2.21. The lowest BCUT2D eigenvalue weighted by Gasteiger charge is -2.09. The predicted octanol–water partition coefficient (Wildman–Crippen LogP) is 4.11. The lowest BCUT2D eigenvalue weighted by Crippen LogP contribution is -2.17. The number of carbonyl (C=O) groups excluding carboxylic acids is 1. The highest BCUT2D eigenvalue weighted by atomic mass is 32.2. The zero-order valence-electron chi connectivity index (χ0n) is 13.9. The van der Waals surface area contributed by atoms with Crippen LogP contribution in [0.1, 0.15) is 25.8 Å². The lowest BCUT2D eigenvalue weighted by atomic mass is 10.2. The number of ether oxygens (including phenoxy) is 1. The first-order chi connectivity index (χ1) is 11.6. The number of carbonyl (C=O) groups is 1. The molecule has 2 aromatic carbocycles. The van der Waals surface area contributed by atoms with E-state index in [0.29, 0.717) is 6.42 Å². The van der Waals surface area contributed by atoms with Crippen LogP contribution < -0.4 is 10.2 Å². The average molecular weight is 342 g/mol.